The first-order valence-corrected chi connectivity index (χ1v) is 17.2. The van der Waals surface area contributed by atoms with E-state index in [1.165, 1.54) is 30.3 Å². The Hall–Kier alpha value is -4.40. The van der Waals surface area contributed by atoms with Crippen LogP contribution in [0.25, 0.3) is 0 Å². The summed E-state index contributed by atoms with van der Waals surface area (Å²) >= 11 is 0. The molecule has 1 aromatic heterocycles. The van der Waals surface area contributed by atoms with E-state index in [1.807, 2.05) is 0 Å². The molecule has 0 radical (unpaired) electrons. The highest BCUT2D eigenvalue weighted by molar-refractivity contribution is 5.94. The highest BCUT2D eigenvalue weighted by Gasteiger charge is 2.70. The minimum atomic E-state index is -4.50. The summed E-state index contributed by atoms with van der Waals surface area (Å²) in [4.78, 5) is 39.8. The third kappa shape index (κ3) is 7.69. The van der Waals surface area contributed by atoms with Crippen molar-refractivity contribution in [3.05, 3.63) is 88.5 Å². The molecule has 0 unspecified atom stereocenters. The summed E-state index contributed by atoms with van der Waals surface area (Å²) in [6.45, 7) is 2.04. The van der Waals surface area contributed by atoms with Gasteiger partial charge in [0.05, 0.1) is 30.5 Å². The molecule has 2 aliphatic heterocycles. The third-order valence-electron chi connectivity index (χ3n) is 10.8. The average Bonchev–Trinajstić information content (AvgIpc) is 3.59. The van der Waals surface area contributed by atoms with Crippen molar-refractivity contribution < 1.29 is 50.6 Å². The second-order valence-electron chi connectivity index (χ2n) is 14.5. The molecule has 15 heteroatoms. The molecule has 280 valence electrons. The minimum Gasteiger partial charge on any atom is -0.478 e. The smallest absolute Gasteiger partial charge is 0.403 e. The molecule has 2 aliphatic carbocycles. The van der Waals surface area contributed by atoms with Crippen LogP contribution in [0.4, 0.5) is 26.3 Å². The molecule has 2 aromatic carbocycles. The number of aromatic carboxylic acids is 1. The number of likely N-dealkylation sites (tertiary alicyclic amines) is 2. The van der Waals surface area contributed by atoms with Gasteiger partial charge in [0.2, 0.25) is 11.8 Å². The van der Waals surface area contributed by atoms with E-state index in [-0.39, 0.29) is 74.0 Å². The summed E-state index contributed by atoms with van der Waals surface area (Å²) in [5.74, 6) is -5.07. The van der Waals surface area contributed by atoms with Gasteiger partial charge in [0.15, 0.2) is 0 Å². The fourth-order valence-electron chi connectivity index (χ4n) is 7.69. The summed E-state index contributed by atoms with van der Waals surface area (Å²) in [6, 6.07) is 11.2. The monoisotopic (exact) mass is 734 g/mol. The van der Waals surface area contributed by atoms with Gasteiger partial charge in [-0.2, -0.15) is 18.3 Å². The Labute approximate surface area is 296 Å². The number of methoxy groups -OCH3 is 1. The number of carbonyl (C=O) groups excluding carboxylic acids is 2. The summed E-state index contributed by atoms with van der Waals surface area (Å²) in [5, 5.41) is 13.6. The van der Waals surface area contributed by atoms with E-state index in [0.717, 1.165) is 5.56 Å². The van der Waals surface area contributed by atoms with Crippen LogP contribution in [0.1, 0.15) is 88.3 Å². The summed E-state index contributed by atoms with van der Waals surface area (Å²) in [6.07, 6.45) is -0.703. The first-order valence-electron chi connectivity index (χ1n) is 17.2. The van der Waals surface area contributed by atoms with Gasteiger partial charge in [-0.15, -0.1) is 0 Å². The second-order valence-corrected chi connectivity index (χ2v) is 14.5. The van der Waals surface area contributed by atoms with Crippen LogP contribution in [0.3, 0.4) is 0 Å². The van der Waals surface area contributed by atoms with E-state index in [1.54, 1.807) is 46.1 Å². The Morgan fingerprint density at radius 1 is 0.942 bits per heavy atom. The summed E-state index contributed by atoms with van der Waals surface area (Å²) in [5.41, 5.74) is 0.228. The molecule has 7 rings (SSSR count). The van der Waals surface area contributed by atoms with Crippen molar-refractivity contribution in [2.45, 2.75) is 76.1 Å². The molecule has 2 saturated carbocycles. The number of alkyl halides is 5. The first kappa shape index (κ1) is 37.4. The number of hydrogen-bond acceptors (Lipinski definition) is 5. The number of halogens is 6. The molecule has 9 nitrogen and oxygen atoms in total. The third-order valence-corrected chi connectivity index (χ3v) is 10.8. The predicted octanol–water partition coefficient (Wildman–Crippen LogP) is 6.91. The van der Waals surface area contributed by atoms with Crippen LogP contribution >= 0.6 is 0 Å². The molecule has 2 saturated heterocycles. The number of ether oxygens (including phenoxy) is 1. The van der Waals surface area contributed by atoms with Crippen molar-refractivity contribution in [3.8, 4) is 0 Å². The van der Waals surface area contributed by atoms with Crippen molar-refractivity contribution in [1.29, 1.82) is 0 Å². The molecule has 2 amide bonds. The highest BCUT2D eigenvalue weighted by atomic mass is 19.4. The lowest BCUT2D eigenvalue weighted by Crippen LogP contribution is -2.62. The Kier molecular flexibility index (Phi) is 10.2. The molecule has 1 spiro atoms. The van der Waals surface area contributed by atoms with Gasteiger partial charge < -0.3 is 19.6 Å². The zero-order valence-corrected chi connectivity index (χ0v) is 28.6. The van der Waals surface area contributed by atoms with Gasteiger partial charge in [-0.25, -0.2) is 18.0 Å². The number of hydrogen-bond donors (Lipinski definition) is 1. The largest absolute Gasteiger partial charge is 0.478 e. The Bertz CT molecular complexity index is 1790. The van der Waals surface area contributed by atoms with E-state index in [0.29, 0.717) is 55.6 Å². The van der Waals surface area contributed by atoms with Gasteiger partial charge in [-0.1, -0.05) is 30.3 Å². The lowest BCUT2D eigenvalue weighted by atomic mass is 9.78. The second kappa shape index (κ2) is 14.2. The van der Waals surface area contributed by atoms with E-state index >= 15 is 0 Å². The fourth-order valence-corrected chi connectivity index (χ4v) is 7.69. The van der Waals surface area contributed by atoms with Crippen molar-refractivity contribution in [2.24, 2.45) is 10.8 Å². The Balaban J connectivity index is 0.000000200. The van der Waals surface area contributed by atoms with E-state index in [4.69, 9.17) is 4.74 Å². The topological polar surface area (TPSA) is 105 Å². The fraction of sp³-hybridized carbons (Fsp3) is 0.514. The quantitative estimate of drug-likeness (QED) is 0.253. The average molecular weight is 735 g/mol. The molecular formula is C37H40F6N4O5. The number of carbonyl (C=O) groups is 3. The Morgan fingerprint density at radius 2 is 1.60 bits per heavy atom. The van der Waals surface area contributed by atoms with Crippen LogP contribution < -0.4 is 0 Å². The molecule has 1 N–H and O–H groups in total. The maximum absolute atomic E-state index is 13.2. The van der Waals surface area contributed by atoms with Crippen molar-refractivity contribution in [3.63, 3.8) is 0 Å². The highest BCUT2D eigenvalue weighted by Crippen LogP contribution is 2.60. The Morgan fingerprint density at radius 3 is 2.19 bits per heavy atom. The van der Waals surface area contributed by atoms with Gasteiger partial charge in [-0.05, 0) is 66.8 Å². The molecular weight excluding hydrogens is 694 g/mol. The number of aromatic nitrogens is 2. The zero-order valence-electron chi connectivity index (χ0n) is 28.6. The number of nitrogens with zero attached hydrogens (tertiary/aromatic N) is 4. The summed E-state index contributed by atoms with van der Waals surface area (Å²) < 4.78 is 85.8. The maximum Gasteiger partial charge on any atom is 0.403 e. The minimum absolute atomic E-state index is 0.113. The number of carboxylic acids is 1. The zero-order chi connectivity index (χ0) is 37.5. The normalized spacial score (nSPS) is 20.2. The maximum atomic E-state index is 13.2. The molecule has 52 heavy (non-hydrogen) atoms. The molecule has 0 bridgehead atoms. The number of benzene rings is 2. The predicted molar refractivity (Wildman–Crippen MR) is 175 cm³/mol. The molecule has 0 atom stereocenters. The molecule has 4 aliphatic rings. The SMILES string of the molecule is COCc1cccc(C2CCC(F)(F)CC2)c1C(=O)O.O=C(c1cnn(Cc2ccc(F)cc2)c1)N1CCC2(C1)CN(C(=O)C1(C(F)(F)F)CC1)C2. The van der Waals surface area contributed by atoms with E-state index in [2.05, 4.69) is 5.10 Å². The first-order chi connectivity index (χ1) is 24.6. The van der Waals surface area contributed by atoms with Crippen LogP contribution in [0.5, 0.6) is 0 Å². The van der Waals surface area contributed by atoms with Gasteiger partial charge in [0.25, 0.3) is 5.91 Å². The summed E-state index contributed by atoms with van der Waals surface area (Å²) in [7, 11) is 1.50. The number of amides is 2. The van der Waals surface area contributed by atoms with Crippen LogP contribution in [0, 0.1) is 16.6 Å². The van der Waals surface area contributed by atoms with Crippen LogP contribution in [-0.4, -0.2) is 87.9 Å². The van der Waals surface area contributed by atoms with Crippen molar-refractivity contribution in [1.82, 2.24) is 19.6 Å². The van der Waals surface area contributed by atoms with E-state index < -0.39 is 29.4 Å². The lowest BCUT2D eigenvalue weighted by molar-refractivity contribution is -0.204. The number of rotatable bonds is 8. The van der Waals surface area contributed by atoms with Crippen LogP contribution in [-0.2, 0) is 22.7 Å². The molecule has 3 aromatic rings. The lowest BCUT2D eigenvalue weighted by Gasteiger charge is -2.49. The molecule has 4 fully saturated rings. The van der Waals surface area contributed by atoms with Crippen molar-refractivity contribution >= 4 is 17.8 Å². The van der Waals surface area contributed by atoms with Gasteiger partial charge in [0.1, 0.15) is 11.2 Å². The van der Waals surface area contributed by atoms with Crippen molar-refractivity contribution in [2.75, 3.05) is 33.3 Å². The molecule has 3 heterocycles. The van der Waals surface area contributed by atoms with E-state index in [9.17, 15) is 45.8 Å². The number of carboxylic acid groups (broad SMARTS) is 1. The standard InChI is InChI=1S/C22H22F4N4O2.C15H18F2O3/c23-17-3-1-15(2-4-17)10-30-11-16(9-27-30)18(31)28-8-7-20(12-28)13-29(14-20)19(32)21(5-6-21)22(24,25)26;1-20-9-11-3-2-4-12(13(11)14(18)19)10-5-7-15(16,17)8-6-10/h1-4,9,11H,5-8,10,12-14H2;2-4,10H,5-9H2,1H3,(H,18,19). The van der Waals surface area contributed by atoms with Gasteiger partial charge in [0, 0.05) is 57.7 Å². The van der Waals surface area contributed by atoms with Gasteiger partial charge >= 0.3 is 12.1 Å². The van der Waals surface area contributed by atoms with Crippen LogP contribution in [0.2, 0.25) is 0 Å². The van der Waals surface area contributed by atoms with Crippen LogP contribution in [0.15, 0.2) is 54.9 Å². The van der Waals surface area contributed by atoms with Gasteiger partial charge in [-0.3, -0.25) is 14.3 Å².